The number of nitrogens with zero attached hydrogens (tertiary/aromatic N) is 2. The molecule has 0 N–H and O–H groups in total. The minimum atomic E-state index is -1.11. The first kappa shape index (κ1) is 12.5. The van der Waals surface area contributed by atoms with E-state index in [1.165, 1.54) is 10.8 Å². The lowest BCUT2D eigenvalue weighted by Gasteiger charge is -2.16. The molecular weight excluding hydrogens is 252 g/mol. The Bertz CT molecular complexity index is 558. The van der Waals surface area contributed by atoms with Gasteiger partial charge in [-0.05, 0) is 6.07 Å². The van der Waals surface area contributed by atoms with Crippen molar-refractivity contribution >= 4 is 31.5 Å². The first-order chi connectivity index (χ1) is 7.97. The van der Waals surface area contributed by atoms with Crippen molar-refractivity contribution in [3.8, 4) is 0 Å². The third-order valence-electron chi connectivity index (χ3n) is 2.02. The van der Waals surface area contributed by atoms with Gasteiger partial charge in [0.05, 0.1) is 16.6 Å². The van der Waals surface area contributed by atoms with Crippen LogP contribution in [0.25, 0.3) is 10.9 Å². The molecule has 0 radical (unpaired) electrons. The molecule has 2 rings (SSSR count). The van der Waals surface area contributed by atoms with E-state index in [9.17, 15) is 4.21 Å². The molecule has 1 atom stereocenters. The van der Waals surface area contributed by atoms with Crippen molar-refractivity contribution < 1.29 is 4.21 Å². The van der Waals surface area contributed by atoms with Crippen LogP contribution >= 0.6 is 10.8 Å². The standard InChI is InChI=1S/C12H14N2OS2/c1-12(2,3)16-17(15)11-8-13-14-10-7-5-4-6-9(10)11/h4-8H,1-3H3. The zero-order valence-corrected chi connectivity index (χ0v) is 11.6. The van der Waals surface area contributed by atoms with Gasteiger partial charge in [0.1, 0.15) is 9.83 Å². The summed E-state index contributed by atoms with van der Waals surface area (Å²) in [4.78, 5) is 0.746. The summed E-state index contributed by atoms with van der Waals surface area (Å²) in [6, 6.07) is 7.64. The van der Waals surface area contributed by atoms with Crippen molar-refractivity contribution in [2.45, 2.75) is 30.4 Å². The summed E-state index contributed by atoms with van der Waals surface area (Å²) in [5.74, 6) is 0. The van der Waals surface area contributed by atoms with Crippen LogP contribution in [0.5, 0.6) is 0 Å². The van der Waals surface area contributed by atoms with Crippen molar-refractivity contribution in [2.24, 2.45) is 0 Å². The summed E-state index contributed by atoms with van der Waals surface area (Å²) in [7, 11) is 0.316. The van der Waals surface area contributed by atoms with Crippen LogP contribution in [-0.4, -0.2) is 19.2 Å². The molecule has 1 heterocycles. The fraction of sp³-hybridized carbons (Fsp3) is 0.333. The molecule has 0 spiro atoms. The van der Waals surface area contributed by atoms with Crippen LogP contribution in [0, 0.1) is 0 Å². The molecule has 90 valence electrons. The highest BCUT2D eigenvalue weighted by atomic mass is 33.1. The van der Waals surface area contributed by atoms with E-state index < -0.39 is 9.83 Å². The van der Waals surface area contributed by atoms with Crippen LogP contribution in [0.2, 0.25) is 0 Å². The van der Waals surface area contributed by atoms with Crippen LogP contribution in [0.15, 0.2) is 35.4 Å². The molecule has 0 bridgehead atoms. The number of hydrogen-bond acceptors (Lipinski definition) is 4. The van der Waals surface area contributed by atoms with Crippen molar-refractivity contribution in [1.29, 1.82) is 0 Å². The lowest BCUT2D eigenvalue weighted by Crippen LogP contribution is -2.09. The van der Waals surface area contributed by atoms with Crippen LogP contribution < -0.4 is 0 Å². The summed E-state index contributed by atoms with van der Waals surface area (Å²) in [5, 5.41) is 8.85. The highest BCUT2D eigenvalue weighted by molar-refractivity contribution is 8.69. The Labute approximate surface area is 107 Å². The fourth-order valence-corrected chi connectivity index (χ4v) is 4.45. The van der Waals surface area contributed by atoms with Gasteiger partial charge < -0.3 is 0 Å². The Morgan fingerprint density at radius 2 is 1.94 bits per heavy atom. The molecule has 0 fully saturated rings. The maximum Gasteiger partial charge on any atom is 0.115 e. The third kappa shape index (κ3) is 3.04. The Hall–Kier alpha value is -0.940. The first-order valence-corrected chi connectivity index (χ1v) is 7.77. The van der Waals surface area contributed by atoms with E-state index in [2.05, 4.69) is 10.2 Å². The minimum Gasteiger partial charge on any atom is -0.243 e. The lowest BCUT2D eigenvalue weighted by molar-refractivity contribution is 0.690. The van der Waals surface area contributed by atoms with Crippen molar-refractivity contribution in [1.82, 2.24) is 10.2 Å². The van der Waals surface area contributed by atoms with Gasteiger partial charge in [0.2, 0.25) is 0 Å². The Morgan fingerprint density at radius 1 is 1.24 bits per heavy atom. The van der Waals surface area contributed by atoms with Gasteiger partial charge in [-0.1, -0.05) is 49.8 Å². The Morgan fingerprint density at radius 3 is 2.65 bits per heavy atom. The maximum absolute atomic E-state index is 12.3. The second kappa shape index (κ2) is 4.74. The molecule has 0 saturated carbocycles. The molecule has 2 aromatic rings. The molecule has 0 aliphatic carbocycles. The van der Waals surface area contributed by atoms with Crippen LogP contribution in [0.4, 0.5) is 0 Å². The molecular formula is C12H14N2OS2. The Balaban J connectivity index is 2.45. The molecule has 17 heavy (non-hydrogen) atoms. The van der Waals surface area contributed by atoms with Crippen LogP contribution in [0.1, 0.15) is 20.8 Å². The minimum absolute atomic E-state index is 0.0464. The molecule has 0 amide bonds. The fourth-order valence-electron chi connectivity index (χ4n) is 1.39. The molecule has 3 nitrogen and oxygen atoms in total. The molecule has 5 heteroatoms. The molecule has 1 aromatic heterocycles. The zero-order valence-electron chi connectivity index (χ0n) is 10.0. The monoisotopic (exact) mass is 266 g/mol. The smallest absolute Gasteiger partial charge is 0.115 e. The van der Waals surface area contributed by atoms with Gasteiger partial charge in [0.15, 0.2) is 0 Å². The molecule has 0 aliphatic heterocycles. The van der Waals surface area contributed by atoms with Gasteiger partial charge in [-0.3, -0.25) is 0 Å². The van der Waals surface area contributed by atoms with Crippen molar-refractivity contribution in [2.75, 3.05) is 0 Å². The van der Waals surface area contributed by atoms with E-state index in [-0.39, 0.29) is 4.75 Å². The van der Waals surface area contributed by atoms with Gasteiger partial charge in [0, 0.05) is 10.1 Å². The number of hydrogen-bond donors (Lipinski definition) is 0. The topological polar surface area (TPSA) is 42.9 Å². The largest absolute Gasteiger partial charge is 0.243 e. The summed E-state index contributed by atoms with van der Waals surface area (Å²) in [5.41, 5.74) is 0.785. The molecule has 1 aromatic carbocycles. The van der Waals surface area contributed by atoms with E-state index in [0.717, 1.165) is 15.8 Å². The Kier molecular flexibility index (Phi) is 3.49. The van der Waals surface area contributed by atoms with E-state index in [4.69, 9.17) is 0 Å². The maximum atomic E-state index is 12.3. The highest BCUT2D eigenvalue weighted by Crippen LogP contribution is 2.33. The average molecular weight is 266 g/mol. The number of benzene rings is 1. The van der Waals surface area contributed by atoms with Gasteiger partial charge in [-0.15, -0.1) is 0 Å². The SMILES string of the molecule is CC(C)(C)SS(=O)c1cnnc2ccccc12. The quantitative estimate of drug-likeness (QED) is 0.783. The summed E-state index contributed by atoms with van der Waals surface area (Å²) in [6.07, 6.45) is 1.59. The number of aromatic nitrogens is 2. The normalized spacial score (nSPS) is 13.8. The summed E-state index contributed by atoms with van der Waals surface area (Å²) >= 11 is 0. The summed E-state index contributed by atoms with van der Waals surface area (Å²) in [6.45, 7) is 6.14. The lowest BCUT2D eigenvalue weighted by atomic mass is 10.2. The number of fused-ring (bicyclic) bond motifs is 1. The number of rotatable bonds is 2. The first-order valence-electron chi connectivity index (χ1n) is 5.29. The summed E-state index contributed by atoms with van der Waals surface area (Å²) < 4.78 is 12.2. The molecule has 1 unspecified atom stereocenters. The second-order valence-corrected chi connectivity index (χ2v) is 8.37. The van der Waals surface area contributed by atoms with Gasteiger partial charge in [0.25, 0.3) is 0 Å². The molecule has 0 saturated heterocycles. The van der Waals surface area contributed by atoms with E-state index in [1.807, 2.05) is 45.0 Å². The average Bonchev–Trinajstić information content (AvgIpc) is 2.26. The zero-order chi connectivity index (χ0) is 12.5. The van der Waals surface area contributed by atoms with E-state index >= 15 is 0 Å². The van der Waals surface area contributed by atoms with Gasteiger partial charge in [-0.2, -0.15) is 10.2 Å². The van der Waals surface area contributed by atoms with Crippen molar-refractivity contribution in [3.63, 3.8) is 0 Å². The van der Waals surface area contributed by atoms with Crippen molar-refractivity contribution in [3.05, 3.63) is 30.5 Å². The second-order valence-electron chi connectivity index (χ2n) is 4.66. The predicted molar refractivity (Wildman–Crippen MR) is 73.3 cm³/mol. The van der Waals surface area contributed by atoms with E-state index in [1.54, 1.807) is 6.20 Å². The van der Waals surface area contributed by atoms with Crippen LogP contribution in [-0.2, 0) is 9.83 Å². The highest BCUT2D eigenvalue weighted by Gasteiger charge is 2.19. The van der Waals surface area contributed by atoms with Gasteiger partial charge in [-0.25, -0.2) is 4.21 Å². The molecule has 0 aliphatic rings. The predicted octanol–water partition coefficient (Wildman–Crippen LogP) is 3.18. The van der Waals surface area contributed by atoms with Crippen LogP contribution in [0.3, 0.4) is 0 Å². The van der Waals surface area contributed by atoms with Gasteiger partial charge >= 0.3 is 0 Å². The van der Waals surface area contributed by atoms with E-state index in [0.29, 0.717) is 0 Å². The third-order valence-corrected chi connectivity index (χ3v) is 5.84.